The smallest absolute Gasteiger partial charge is 0.161 e. The second kappa shape index (κ2) is 6.83. The second-order valence-corrected chi connectivity index (χ2v) is 6.28. The Hall–Kier alpha value is -0.710. The summed E-state index contributed by atoms with van der Waals surface area (Å²) >= 11 is 12.3. The molecule has 3 N–H and O–H groups in total. The Bertz CT molecular complexity index is 459. The largest absolute Gasteiger partial charge is 0.355 e. The van der Waals surface area contributed by atoms with Gasteiger partial charge in [0.25, 0.3) is 0 Å². The summed E-state index contributed by atoms with van der Waals surface area (Å²) in [5.74, 6) is 7.49. The third kappa shape index (κ3) is 3.30. The Labute approximate surface area is 130 Å². The number of anilines is 2. The molecule has 1 aromatic rings. The SMILES string of the molecule is CCC1CCC(N(C)c2nc(NN)c(Cl)cc2Cl)CC1. The van der Waals surface area contributed by atoms with E-state index in [2.05, 4.69) is 22.2 Å². The predicted molar refractivity (Wildman–Crippen MR) is 86.5 cm³/mol. The first-order chi connectivity index (χ1) is 9.56. The lowest BCUT2D eigenvalue weighted by atomic mass is 9.84. The fourth-order valence-corrected chi connectivity index (χ4v) is 3.47. The molecule has 0 spiro atoms. The number of nitrogens with zero attached hydrogens (tertiary/aromatic N) is 2. The molecule has 0 aliphatic heterocycles. The summed E-state index contributed by atoms with van der Waals surface area (Å²) in [4.78, 5) is 6.59. The van der Waals surface area contributed by atoms with Crippen molar-refractivity contribution in [3.8, 4) is 0 Å². The molecule has 1 aliphatic carbocycles. The minimum atomic E-state index is 0.435. The highest BCUT2D eigenvalue weighted by Gasteiger charge is 2.25. The van der Waals surface area contributed by atoms with E-state index in [0.717, 1.165) is 11.7 Å². The van der Waals surface area contributed by atoms with Crippen molar-refractivity contribution in [2.24, 2.45) is 11.8 Å². The van der Waals surface area contributed by atoms with E-state index in [4.69, 9.17) is 29.0 Å². The number of hydrazine groups is 1. The van der Waals surface area contributed by atoms with Gasteiger partial charge in [-0.2, -0.15) is 0 Å². The van der Waals surface area contributed by atoms with Crippen molar-refractivity contribution in [2.45, 2.75) is 45.1 Å². The van der Waals surface area contributed by atoms with E-state index < -0.39 is 0 Å². The minimum absolute atomic E-state index is 0.435. The fraction of sp³-hybridized carbons (Fsp3) is 0.643. The lowest BCUT2D eigenvalue weighted by Crippen LogP contribution is -2.36. The van der Waals surface area contributed by atoms with Gasteiger partial charge in [0.05, 0.1) is 10.0 Å². The molecule has 1 saturated carbocycles. The van der Waals surface area contributed by atoms with Crippen molar-refractivity contribution >= 4 is 34.8 Å². The summed E-state index contributed by atoms with van der Waals surface area (Å²) in [5.41, 5.74) is 2.51. The van der Waals surface area contributed by atoms with E-state index in [0.29, 0.717) is 21.9 Å². The Kier molecular flexibility index (Phi) is 5.35. The van der Waals surface area contributed by atoms with E-state index in [1.807, 2.05) is 7.05 Å². The van der Waals surface area contributed by atoms with Crippen LogP contribution in [0.3, 0.4) is 0 Å². The van der Waals surface area contributed by atoms with Gasteiger partial charge in [0.2, 0.25) is 0 Å². The molecule has 0 aromatic carbocycles. The maximum atomic E-state index is 6.27. The van der Waals surface area contributed by atoms with Crippen LogP contribution in [0.15, 0.2) is 6.07 Å². The summed E-state index contributed by atoms with van der Waals surface area (Å²) in [6.45, 7) is 2.27. The predicted octanol–water partition coefficient (Wildman–Crippen LogP) is 4.08. The van der Waals surface area contributed by atoms with Crippen LogP contribution in [0.4, 0.5) is 11.6 Å². The molecule has 6 heteroatoms. The van der Waals surface area contributed by atoms with Gasteiger partial charge in [0.1, 0.15) is 5.82 Å². The van der Waals surface area contributed by atoms with Crippen LogP contribution in [0.2, 0.25) is 10.0 Å². The van der Waals surface area contributed by atoms with Crippen LogP contribution in [0.1, 0.15) is 39.0 Å². The third-order valence-corrected chi connectivity index (χ3v) is 4.89. The molecule has 4 nitrogen and oxygen atoms in total. The maximum absolute atomic E-state index is 6.27. The number of pyridine rings is 1. The van der Waals surface area contributed by atoms with E-state index in [9.17, 15) is 0 Å². The molecule has 1 aliphatic rings. The molecule has 1 aromatic heterocycles. The van der Waals surface area contributed by atoms with E-state index in [1.165, 1.54) is 32.1 Å². The lowest BCUT2D eigenvalue weighted by Gasteiger charge is -2.35. The Balaban J connectivity index is 2.15. The number of nitrogens with two attached hydrogens (primary N) is 1. The minimum Gasteiger partial charge on any atom is -0.355 e. The molecule has 0 amide bonds. The van der Waals surface area contributed by atoms with Crippen LogP contribution >= 0.6 is 23.2 Å². The zero-order valence-corrected chi connectivity index (χ0v) is 13.5. The first-order valence-electron chi connectivity index (χ1n) is 7.12. The molecular weight excluding hydrogens is 295 g/mol. The van der Waals surface area contributed by atoms with E-state index in [1.54, 1.807) is 6.07 Å². The van der Waals surface area contributed by atoms with Gasteiger partial charge in [-0.25, -0.2) is 10.8 Å². The fourth-order valence-electron chi connectivity index (χ4n) is 2.92. The number of halogens is 2. The van der Waals surface area contributed by atoms with Crippen molar-refractivity contribution in [1.82, 2.24) is 4.98 Å². The summed E-state index contributed by atoms with van der Waals surface area (Å²) in [6, 6.07) is 2.17. The highest BCUT2D eigenvalue weighted by molar-refractivity contribution is 6.37. The van der Waals surface area contributed by atoms with Crippen LogP contribution in [0.25, 0.3) is 0 Å². The zero-order valence-electron chi connectivity index (χ0n) is 12.0. The molecule has 0 unspecified atom stereocenters. The molecule has 0 bridgehead atoms. The number of hydrogen-bond acceptors (Lipinski definition) is 4. The molecule has 0 saturated heterocycles. The Morgan fingerprint density at radius 2 is 1.95 bits per heavy atom. The lowest BCUT2D eigenvalue weighted by molar-refractivity contribution is 0.313. The van der Waals surface area contributed by atoms with Crippen LogP contribution in [0.5, 0.6) is 0 Å². The third-order valence-electron chi connectivity index (χ3n) is 4.32. The average Bonchev–Trinajstić information content (AvgIpc) is 2.47. The standard InChI is InChI=1S/C14H22Cl2N4/c1-3-9-4-6-10(7-5-9)20(2)14-12(16)8-11(15)13(18-14)19-17/h8-10H,3-7,17H2,1-2H3,(H,18,19). The number of nitrogens with one attached hydrogen (secondary N) is 1. The first-order valence-corrected chi connectivity index (χ1v) is 7.87. The van der Waals surface area contributed by atoms with Crippen molar-refractivity contribution in [2.75, 3.05) is 17.4 Å². The number of hydrogen-bond donors (Lipinski definition) is 2. The number of nitrogen functional groups attached to an aromatic ring is 1. The Morgan fingerprint density at radius 1 is 1.30 bits per heavy atom. The molecule has 2 rings (SSSR count). The Morgan fingerprint density at radius 3 is 2.50 bits per heavy atom. The quantitative estimate of drug-likeness (QED) is 0.649. The summed E-state index contributed by atoms with van der Waals surface area (Å²) in [6.07, 6.45) is 6.19. The van der Waals surface area contributed by atoms with Crippen LogP contribution in [0, 0.1) is 5.92 Å². The van der Waals surface area contributed by atoms with Gasteiger partial charge in [0, 0.05) is 13.1 Å². The van der Waals surface area contributed by atoms with Crippen molar-refractivity contribution in [3.05, 3.63) is 16.1 Å². The number of rotatable bonds is 4. The van der Waals surface area contributed by atoms with Gasteiger partial charge in [-0.05, 0) is 37.7 Å². The molecule has 20 heavy (non-hydrogen) atoms. The van der Waals surface area contributed by atoms with Gasteiger partial charge in [0.15, 0.2) is 5.82 Å². The maximum Gasteiger partial charge on any atom is 0.161 e. The molecular formula is C14H22Cl2N4. The van der Waals surface area contributed by atoms with E-state index >= 15 is 0 Å². The van der Waals surface area contributed by atoms with Gasteiger partial charge in [-0.1, -0.05) is 36.5 Å². The van der Waals surface area contributed by atoms with Crippen LogP contribution in [-0.4, -0.2) is 18.1 Å². The second-order valence-electron chi connectivity index (χ2n) is 5.46. The van der Waals surface area contributed by atoms with Gasteiger partial charge >= 0.3 is 0 Å². The average molecular weight is 317 g/mol. The van der Waals surface area contributed by atoms with Crippen molar-refractivity contribution in [3.63, 3.8) is 0 Å². The number of aromatic nitrogens is 1. The van der Waals surface area contributed by atoms with Gasteiger partial charge in [-0.3, -0.25) is 0 Å². The van der Waals surface area contributed by atoms with Crippen molar-refractivity contribution < 1.29 is 0 Å². The molecule has 1 heterocycles. The van der Waals surface area contributed by atoms with Crippen LogP contribution < -0.4 is 16.2 Å². The normalized spacial score (nSPS) is 22.6. The zero-order chi connectivity index (χ0) is 14.7. The van der Waals surface area contributed by atoms with Crippen molar-refractivity contribution in [1.29, 1.82) is 0 Å². The molecule has 1 fully saturated rings. The topological polar surface area (TPSA) is 54.2 Å². The summed E-state index contributed by atoms with van der Waals surface area (Å²) in [5, 5.41) is 0.999. The van der Waals surface area contributed by atoms with Gasteiger partial charge in [-0.15, -0.1) is 0 Å². The summed E-state index contributed by atoms with van der Waals surface area (Å²) < 4.78 is 0. The monoisotopic (exact) mass is 316 g/mol. The summed E-state index contributed by atoms with van der Waals surface area (Å²) in [7, 11) is 2.04. The van der Waals surface area contributed by atoms with Gasteiger partial charge < -0.3 is 10.3 Å². The first kappa shape index (κ1) is 15.7. The highest BCUT2D eigenvalue weighted by atomic mass is 35.5. The van der Waals surface area contributed by atoms with Crippen LogP contribution in [-0.2, 0) is 0 Å². The molecule has 0 atom stereocenters. The molecule has 0 radical (unpaired) electrons. The molecule has 112 valence electrons. The van der Waals surface area contributed by atoms with E-state index in [-0.39, 0.29) is 0 Å². The highest BCUT2D eigenvalue weighted by Crippen LogP contribution is 2.35.